The molecule has 2 N–H and O–H groups in total. The van der Waals surface area contributed by atoms with Gasteiger partial charge in [-0.3, -0.25) is 10.1 Å². The van der Waals surface area contributed by atoms with Crippen LogP contribution in [0.4, 0.5) is 17.3 Å². The van der Waals surface area contributed by atoms with Gasteiger partial charge in [0, 0.05) is 33.0 Å². The molecule has 0 atom stereocenters. The number of rotatable bonds is 6. The van der Waals surface area contributed by atoms with Crippen molar-refractivity contribution in [2.24, 2.45) is 0 Å². The van der Waals surface area contributed by atoms with Gasteiger partial charge in [-0.15, -0.1) is 0 Å². The Hall–Kier alpha value is -2.71. The molecule has 0 aromatic carbocycles. The molecule has 9 nitrogen and oxygen atoms in total. The fourth-order valence-corrected chi connectivity index (χ4v) is 1.60. The molecule has 0 bridgehead atoms. The first-order chi connectivity index (χ1) is 9.60. The van der Waals surface area contributed by atoms with Crippen LogP contribution in [0.3, 0.4) is 0 Å². The molecule has 2 aromatic rings. The highest BCUT2D eigenvalue weighted by molar-refractivity contribution is 5.60. The summed E-state index contributed by atoms with van der Waals surface area (Å²) in [4.78, 5) is 18.6. The number of nitro groups is 1. The van der Waals surface area contributed by atoms with Crippen molar-refractivity contribution in [2.75, 3.05) is 24.2 Å². The number of aromatic nitrogens is 3. The lowest BCUT2D eigenvalue weighted by molar-refractivity contribution is -0.384. The zero-order chi connectivity index (χ0) is 14.5. The van der Waals surface area contributed by atoms with Crippen LogP contribution in [0.5, 0.6) is 0 Å². The van der Waals surface area contributed by atoms with Gasteiger partial charge in [-0.1, -0.05) is 5.16 Å². The number of pyridine rings is 1. The number of nitrogens with zero attached hydrogens (tertiary/aromatic N) is 4. The van der Waals surface area contributed by atoms with E-state index >= 15 is 0 Å². The summed E-state index contributed by atoms with van der Waals surface area (Å²) in [7, 11) is 1.69. The molecule has 2 heterocycles. The van der Waals surface area contributed by atoms with Crippen molar-refractivity contribution in [3.8, 4) is 0 Å². The van der Waals surface area contributed by atoms with Crippen molar-refractivity contribution in [3.63, 3.8) is 0 Å². The quantitative estimate of drug-likeness (QED) is 0.600. The molecule has 9 heteroatoms. The molecule has 0 spiro atoms. The molecule has 0 saturated carbocycles. The van der Waals surface area contributed by atoms with E-state index in [1.807, 2.05) is 0 Å². The Morgan fingerprint density at radius 2 is 2.20 bits per heavy atom. The van der Waals surface area contributed by atoms with Gasteiger partial charge in [0.15, 0.2) is 5.82 Å². The summed E-state index contributed by atoms with van der Waals surface area (Å²) < 4.78 is 4.84. The van der Waals surface area contributed by atoms with E-state index in [0.29, 0.717) is 30.5 Å². The monoisotopic (exact) mass is 278 g/mol. The number of hydrogen-bond acceptors (Lipinski definition) is 8. The maximum absolute atomic E-state index is 10.9. The lowest BCUT2D eigenvalue weighted by Crippen LogP contribution is -2.10. The Balaban J connectivity index is 2.05. The standard InChI is InChI=1S/C11H14N6O3/c1-7-14-10(16-20-7)5-6-13-11-8(17(18)19)3-4-9(12-2)15-11/h3-4H,5-6H2,1-2H3,(H2,12,13,15). The van der Waals surface area contributed by atoms with Gasteiger partial charge in [-0.25, -0.2) is 4.98 Å². The van der Waals surface area contributed by atoms with Gasteiger partial charge in [-0.2, -0.15) is 4.98 Å². The van der Waals surface area contributed by atoms with Gasteiger partial charge in [0.1, 0.15) is 5.82 Å². The summed E-state index contributed by atoms with van der Waals surface area (Å²) in [5, 5.41) is 20.4. The van der Waals surface area contributed by atoms with E-state index in [0.717, 1.165) is 0 Å². The second-order valence-electron chi connectivity index (χ2n) is 3.98. The Bertz CT molecular complexity index is 612. The first kappa shape index (κ1) is 13.7. The summed E-state index contributed by atoms with van der Waals surface area (Å²) >= 11 is 0. The van der Waals surface area contributed by atoms with E-state index < -0.39 is 4.92 Å². The van der Waals surface area contributed by atoms with Crippen molar-refractivity contribution in [2.45, 2.75) is 13.3 Å². The second-order valence-corrected chi connectivity index (χ2v) is 3.98. The molecule has 20 heavy (non-hydrogen) atoms. The Labute approximate surface area is 114 Å². The zero-order valence-electron chi connectivity index (χ0n) is 11.1. The lowest BCUT2D eigenvalue weighted by Gasteiger charge is -2.06. The highest BCUT2D eigenvalue weighted by atomic mass is 16.6. The summed E-state index contributed by atoms with van der Waals surface area (Å²) in [6, 6.07) is 2.95. The van der Waals surface area contributed by atoms with Crippen molar-refractivity contribution in [1.29, 1.82) is 0 Å². The predicted molar refractivity (Wildman–Crippen MR) is 71.7 cm³/mol. The average molecular weight is 278 g/mol. The summed E-state index contributed by atoms with van der Waals surface area (Å²) in [5.41, 5.74) is -0.0757. The topological polar surface area (TPSA) is 119 Å². The maximum Gasteiger partial charge on any atom is 0.311 e. The zero-order valence-corrected chi connectivity index (χ0v) is 11.1. The van der Waals surface area contributed by atoms with Gasteiger partial charge >= 0.3 is 5.69 Å². The van der Waals surface area contributed by atoms with E-state index in [9.17, 15) is 10.1 Å². The van der Waals surface area contributed by atoms with Crippen LogP contribution < -0.4 is 10.6 Å². The third-order valence-electron chi connectivity index (χ3n) is 2.54. The van der Waals surface area contributed by atoms with Crippen LogP contribution in [0, 0.1) is 17.0 Å². The average Bonchev–Trinajstić information content (AvgIpc) is 2.84. The predicted octanol–water partition coefficient (Wildman–Crippen LogP) is 1.38. The number of anilines is 2. The maximum atomic E-state index is 10.9. The van der Waals surface area contributed by atoms with E-state index in [1.54, 1.807) is 20.0 Å². The lowest BCUT2D eigenvalue weighted by atomic mass is 10.3. The third-order valence-corrected chi connectivity index (χ3v) is 2.54. The van der Waals surface area contributed by atoms with Crippen LogP contribution in [0.2, 0.25) is 0 Å². The van der Waals surface area contributed by atoms with Crippen molar-refractivity contribution in [1.82, 2.24) is 15.1 Å². The molecular formula is C11H14N6O3. The van der Waals surface area contributed by atoms with E-state index in [-0.39, 0.29) is 11.5 Å². The van der Waals surface area contributed by atoms with Crippen molar-refractivity contribution >= 4 is 17.3 Å². The van der Waals surface area contributed by atoms with Crippen LogP contribution >= 0.6 is 0 Å². The Kier molecular flexibility index (Phi) is 4.08. The molecule has 0 aliphatic carbocycles. The van der Waals surface area contributed by atoms with Gasteiger partial charge < -0.3 is 15.2 Å². The molecule has 2 aromatic heterocycles. The van der Waals surface area contributed by atoms with Crippen LogP contribution in [-0.4, -0.2) is 33.6 Å². The normalized spacial score (nSPS) is 10.3. The number of nitrogens with one attached hydrogen (secondary N) is 2. The third kappa shape index (κ3) is 3.19. The number of hydrogen-bond donors (Lipinski definition) is 2. The molecule has 0 radical (unpaired) electrons. The molecule has 0 saturated heterocycles. The van der Waals surface area contributed by atoms with Crippen LogP contribution in [0.15, 0.2) is 16.7 Å². The number of aryl methyl sites for hydroxylation is 1. The first-order valence-corrected chi connectivity index (χ1v) is 5.96. The van der Waals surface area contributed by atoms with Gasteiger partial charge in [0.25, 0.3) is 0 Å². The molecule has 106 valence electrons. The second kappa shape index (κ2) is 5.95. The van der Waals surface area contributed by atoms with E-state index in [1.165, 1.54) is 6.07 Å². The SMILES string of the molecule is CNc1ccc([N+](=O)[O-])c(NCCc2noc(C)n2)n1. The van der Waals surface area contributed by atoms with Crippen molar-refractivity contribution < 1.29 is 9.45 Å². The van der Waals surface area contributed by atoms with E-state index in [2.05, 4.69) is 25.8 Å². The summed E-state index contributed by atoms with van der Waals surface area (Å²) in [6.45, 7) is 2.12. The van der Waals surface area contributed by atoms with Gasteiger partial charge in [0.2, 0.25) is 11.7 Å². The molecule has 0 aliphatic heterocycles. The van der Waals surface area contributed by atoms with Crippen LogP contribution in [0.25, 0.3) is 0 Å². The largest absolute Gasteiger partial charge is 0.373 e. The Morgan fingerprint density at radius 3 is 2.80 bits per heavy atom. The highest BCUT2D eigenvalue weighted by Gasteiger charge is 2.15. The van der Waals surface area contributed by atoms with Gasteiger partial charge in [0.05, 0.1) is 4.92 Å². The Morgan fingerprint density at radius 1 is 1.40 bits per heavy atom. The molecule has 2 rings (SSSR count). The molecular weight excluding hydrogens is 264 g/mol. The van der Waals surface area contributed by atoms with Crippen molar-refractivity contribution in [3.05, 3.63) is 34.0 Å². The van der Waals surface area contributed by atoms with Gasteiger partial charge in [-0.05, 0) is 6.07 Å². The fraction of sp³-hybridized carbons (Fsp3) is 0.364. The van der Waals surface area contributed by atoms with Crippen LogP contribution in [0.1, 0.15) is 11.7 Å². The molecule has 0 unspecified atom stereocenters. The minimum Gasteiger partial charge on any atom is -0.373 e. The van der Waals surface area contributed by atoms with Crippen LogP contribution in [-0.2, 0) is 6.42 Å². The minimum absolute atomic E-state index is 0.0757. The highest BCUT2D eigenvalue weighted by Crippen LogP contribution is 2.23. The summed E-state index contributed by atoms with van der Waals surface area (Å²) in [5.74, 6) is 1.79. The fourth-order valence-electron chi connectivity index (χ4n) is 1.60. The molecule has 0 aliphatic rings. The minimum atomic E-state index is -0.479. The smallest absolute Gasteiger partial charge is 0.311 e. The molecule has 0 amide bonds. The molecule has 0 fully saturated rings. The van der Waals surface area contributed by atoms with E-state index in [4.69, 9.17) is 4.52 Å². The summed E-state index contributed by atoms with van der Waals surface area (Å²) in [6.07, 6.45) is 0.486. The first-order valence-electron chi connectivity index (χ1n) is 5.96.